The SMILES string of the molecule is O=C(c1cc(Br)cc(Br)c1)N1CCC[C@H](O)C1. The molecule has 0 aromatic heterocycles. The molecule has 1 saturated heterocycles. The molecule has 0 aliphatic carbocycles. The molecule has 1 aromatic rings. The molecule has 1 aliphatic rings. The first-order valence-electron chi connectivity index (χ1n) is 5.49. The molecule has 1 heterocycles. The van der Waals surface area contributed by atoms with Gasteiger partial charge < -0.3 is 10.0 Å². The fourth-order valence-electron chi connectivity index (χ4n) is 2.00. The third-order valence-corrected chi connectivity index (χ3v) is 3.71. The first-order chi connectivity index (χ1) is 8.06. The van der Waals surface area contributed by atoms with Crippen molar-refractivity contribution >= 4 is 37.8 Å². The summed E-state index contributed by atoms with van der Waals surface area (Å²) in [5.74, 6) is -0.0225. The van der Waals surface area contributed by atoms with Crippen molar-refractivity contribution < 1.29 is 9.90 Å². The van der Waals surface area contributed by atoms with Gasteiger partial charge in [-0.2, -0.15) is 0 Å². The van der Waals surface area contributed by atoms with E-state index >= 15 is 0 Å². The third-order valence-electron chi connectivity index (χ3n) is 2.79. The van der Waals surface area contributed by atoms with Crippen LogP contribution >= 0.6 is 31.9 Å². The molecule has 1 N–H and O–H groups in total. The van der Waals surface area contributed by atoms with Gasteiger partial charge in [0.2, 0.25) is 0 Å². The molecule has 1 amide bonds. The second kappa shape index (κ2) is 5.50. The van der Waals surface area contributed by atoms with E-state index in [2.05, 4.69) is 31.9 Å². The molecule has 0 unspecified atom stereocenters. The van der Waals surface area contributed by atoms with Gasteiger partial charge in [-0.15, -0.1) is 0 Å². The van der Waals surface area contributed by atoms with Crippen LogP contribution in [0.15, 0.2) is 27.1 Å². The van der Waals surface area contributed by atoms with Gasteiger partial charge in [0.15, 0.2) is 0 Å². The average molecular weight is 363 g/mol. The van der Waals surface area contributed by atoms with Crippen LogP contribution in [0.3, 0.4) is 0 Å². The molecule has 92 valence electrons. The maximum absolute atomic E-state index is 12.2. The lowest BCUT2D eigenvalue weighted by atomic mass is 10.1. The van der Waals surface area contributed by atoms with E-state index in [9.17, 15) is 9.90 Å². The highest BCUT2D eigenvalue weighted by Crippen LogP contribution is 2.22. The zero-order valence-corrected chi connectivity index (χ0v) is 12.4. The number of aliphatic hydroxyl groups is 1. The Kier molecular flexibility index (Phi) is 4.22. The van der Waals surface area contributed by atoms with E-state index < -0.39 is 0 Å². The number of hydrogen-bond donors (Lipinski definition) is 1. The Bertz CT molecular complexity index is 416. The molecule has 3 nitrogen and oxygen atoms in total. The van der Waals surface area contributed by atoms with Crippen molar-refractivity contribution in [2.24, 2.45) is 0 Å². The van der Waals surface area contributed by atoms with E-state index in [4.69, 9.17) is 0 Å². The van der Waals surface area contributed by atoms with Crippen LogP contribution in [0.1, 0.15) is 23.2 Å². The average Bonchev–Trinajstić information content (AvgIpc) is 2.26. The summed E-state index contributed by atoms with van der Waals surface area (Å²) in [4.78, 5) is 13.9. The number of rotatable bonds is 1. The number of amides is 1. The Morgan fingerprint density at radius 3 is 2.53 bits per heavy atom. The highest BCUT2D eigenvalue weighted by molar-refractivity contribution is 9.11. The number of aliphatic hydroxyl groups excluding tert-OH is 1. The number of benzene rings is 1. The van der Waals surface area contributed by atoms with Gasteiger partial charge in [-0.25, -0.2) is 0 Å². The molecule has 0 saturated carbocycles. The van der Waals surface area contributed by atoms with E-state index in [1.807, 2.05) is 6.07 Å². The minimum Gasteiger partial charge on any atom is -0.391 e. The number of hydrogen-bond acceptors (Lipinski definition) is 2. The maximum Gasteiger partial charge on any atom is 0.254 e. The highest BCUT2D eigenvalue weighted by atomic mass is 79.9. The largest absolute Gasteiger partial charge is 0.391 e. The molecule has 0 spiro atoms. The Hall–Kier alpha value is -0.390. The minimum atomic E-state index is -0.386. The number of carbonyl (C=O) groups excluding carboxylic acids is 1. The molecular weight excluding hydrogens is 350 g/mol. The zero-order chi connectivity index (χ0) is 12.4. The molecule has 1 atom stereocenters. The van der Waals surface area contributed by atoms with Crippen molar-refractivity contribution in [1.29, 1.82) is 0 Å². The first kappa shape index (κ1) is 13.1. The minimum absolute atomic E-state index is 0.0225. The summed E-state index contributed by atoms with van der Waals surface area (Å²) in [7, 11) is 0. The molecule has 1 aromatic carbocycles. The lowest BCUT2D eigenvalue weighted by Crippen LogP contribution is -2.42. The number of likely N-dealkylation sites (tertiary alicyclic amines) is 1. The molecule has 5 heteroatoms. The summed E-state index contributed by atoms with van der Waals surface area (Å²) in [6, 6.07) is 5.49. The summed E-state index contributed by atoms with van der Waals surface area (Å²) in [6.07, 6.45) is 1.26. The molecule has 0 radical (unpaired) electrons. The van der Waals surface area contributed by atoms with Crippen molar-refractivity contribution in [3.8, 4) is 0 Å². The van der Waals surface area contributed by atoms with E-state index in [0.717, 1.165) is 28.3 Å². The van der Waals surface area contributed by atoms with E-state index in [0.29, 0.717) is 12.1 Å². The van der Waals surface area contributed by atoms with E-state index in [1.54, 1.807) is 17.0 Å². The van der Waals surface area contributed by atoms with Crippen LogP contribution in [0.2, 0.25) is 0 Å². The van der Waals surface area contributed by atoms with Crippen molar-refractivity contribution in [3.05, 3.63) is 32.7 Å². The third kappa shape index (κ3) is 3.30. The Morgan fingerprint density at radius 2 is 1.94 bits per heavy atom. The topological polar surface area (TPSA) is 40.5 Å². The summed E-state index contributed by atoms with van der Waals surface area (Å²) in [6.45, 7) is 1.16. The fraction of sp³-hybridized carbons (Fsp3) is 0.417. The van der Waals surface area contributed by atoms with Gasteiger partial charge in [-0.05, 0) is 31.0 Å². The number of piperidine rings is 1. The fourth-order valence-corrected chi connectivity index (χ4v) is 3.29. The van der Waals surface area contributed by atoms with Crippen LogP contribution < -0.4 is 0 Å². The van der Waals surface area contributed by atoms with Gasteiger partial charge >= 0.3 is 0 Å². The van der Waals surface area contributed by atoms with Gasteiger partial charge in [0.1, 0.15) is 0 Å². The van der Waals surface area contributed by atoms with Crippen LogP contribution in [-0.2, 0) is 0 Å². The highest BCUT2D eigenvalue weighted by Gasteiger charge is 2.23. The number of nitrogens with zero attached hydrogens (tertiary/aromatic N) is 1. The smallest absolute Gasteiger partial charge is 0.254 e. The van der Waals surface area contributed by atoms with Crippen LogP contribution in [0.4, 0.5) is 0 Å². The molecule has 2 rings (SSSR count). The Labute approximate surface area is 117 Å². The predicted octanol–water partition coefficient (Wildman–Crippen LogP) is 2.81. The van der Waals surface area contributed by atoms with Crippen LogP contribution in [0.25, 0.3) is 0 Å². The van der Waals surface area contributed by atoms with Crippen molar-refractivity contribution in [2.45, 2.75) is 18.9 Å². The van der Waals surface area contributed by atoms with Crippen molar-refractivity contribution in [2.75, 3.05) is 13.1 Å². The predicted molar refractivity (Wildman–Crippen MR) is 73.0 cm³/mol. The van der Waals surface area contributed by atoms with Crippen LogP contribution in [-0.4, -0.2) is 35.1 Å². The van der Waals surface area contributed by atoms with Crippen molar-refractivity contribution in [3.63, 3.8) is 0 Å². The second-order valence-corrected chi connectivity index (χ2v) is 6.04. The zero-order valence-electron chi connectivity index (χ0n) is 9.20. The summed E-state index contributed by atoms with van der Waals surface area (Å²) in [5, 5.41) is 9.57. The molecule has 1 fully saturated rings. The lowest BCUT2D eigenvalue weighted by molar-refractivity contribution is 0.0473. The normalized spacial score (nSPS) is 20.4. The van der Waals surface area contributed by atoms with Gasteiger partial charge in [0, 0.05) is 27.6 Å². The van der Waals surface area contributed by atoms with Crippen LogP contribution in [0.5, 0.6) is 0 Å². The number of carbonyl (C=O) groups is 1. The monoisotopic (exact) mass is 361 g/mol. The lowest BCUT2D eigenvalue weighted by Gasteiger charge is -2.30. The standard InChI is InChI=1S/C12H13Br2NO2/c13-9-4-8(5-10(14)6-9)12(17)15-3-1-2-11(16)7-15/h4-6,11,16H,1-3,7H2/t11-/m0/s1. The van der Waals surface area contributed by atoms with E-state index in [-0.39, 0.29) is 12.0 Å². The Morgan fingerprint density at radius 1 is 1.29 bits per heavy atom. The Balaban J connectivity index is 2.18. The first-order valence-corrected chi connectivity index (χ1v) is 7.08. The number of halogens is 2. The molecular formula is C12H13Br2NO2. The summed E-state index contributed by atoms with van der Waals surface area (Å²) < 4.78 is 1.74. The van der Waals surface area contributed by atoms with Gasteiger partial charge in [-0.3, -0.25) is 4.79 Å². The van der Waals surface area contributed by atoms with Gasteiger partial charge in [-0.1, -0.05) is 31.9 Å². The molecule has 17 heavy (non-hydrogen) atoms. The molecule has 0 bridgehead atoms. The van der Waals surface area contributed by atoms with Crippen LogP contribution in [0, 0.1) is 0 Å². The van der Waals surface area contributed by atoms with E-state index in [1.165, 1.54) is 0 Å². The maximum atomic E-state index is 12.2. The summed E-state index contributed by atoms with van der Waals surface area (Å²) in [5.41, 5.74) is 0.639. The second-order valence-electron chi connectivity index (χ2n) is 4.21. The molecule has 1 aliphatic heterocycles. The summed E-state index contributed by atoms with van der Waals surface area (Å²) >= 11 is 6.73. The quantitative estimate of drug-likeness (QED) is 0.834. The van der Waals surface area contributed by atoms with Crippen molar-refractivity contribution in [1.82, 2.24) is 4.90 Å². The van der Waals surface area contributed by atoms with Gasteiger partial charge in [0.25, 0.3) is 5.91 Å². The van der Waals surface area contributed by atoms with Gasteiger partial charge in [0.05, 0.1) is 6.10 Å². The number of β-amino-alcohol motifs (C(OH)–C–C–N with tert-alkyl or cyclic N) is 1.